The van der Waals surface area contributed by atoms with Crippen LogP contribution in [0.4, 0.5) is 5.69 Å². The molecule has 0 aliphatic heterocycles. The Kier molecular flexibility index (Phi) is 4.70. The van der Waals surface area contributed by atoms with Crippen molar-refractivity contribution in [2.75, 3.05) is 4.72 Å². The molecule has 1 aliphatic carbocycles. The lowest BCUT2D eigenvalue weighted by Crippen LogP contribution is -2.29. The molecule has 0 heterocycles. The molecule has 5 nitrogen and oxygen atoms in total. The van der Waals surface area contributed by atoms with Crippen LogP contribution in [0, 0.1) is 0 Å². The van der Waals surface area contributed by atoms with Crippen LogP contribution >= 0.6 is 15.9 Å². The molecule has 0 saturated heterocycles. The van der Waals surface area contributed by atoms with Crippen LogP contribution in [0.15, 0.2) is 22.7 Å². The molecule has 0 radical (unpaired) electrons. The predicted molar refractivity (Wildman–Crippen MR) is 80.5 cm³/mol. The second-order valence-corrected chi connectivity index (χ2v) is 7.72. The van der Waals surface area contributed by atoms with Gasteiger partial charge >= 0.3 is 5.97 Å². The van der Waals surface area contributed by atoms with Crippen molar-refractivity contribution in [3.63, 3.8) is 0 Å². The quantitative estimate of drug-likeness (QED) is 0.862. The van der Waals surface area contributed by atoms with E-state index in [-0.39, 0.29) is 10.8 Å². The van der Waals surface area contributed by atoms with Crippen molar-refractivity contribution in [3.05, 3.63) is 28.2 Å². The molecule has 7 heteroatoms. The van der Waals surface area contributed by atoms with Gasteiger partial charge in [-0.2, -0.15) is 0 Å². The first-order valence-corrected chi connectivity index (χ1v) is 8.78. The molecule has 1 aliphatic rings. The van der Waals surface area contributed by atoms with Gasteiger partial charge in [-0.15, -0.1) is 0 Å². The van der Waals surface area contributed by atoms with E-state index >= 15 is 0 Å². The molecule has 110 valence electrons. The standard InChI is InChI=1S/C13H16BrNO4S/c14-11-8-9(13(16)17)6-7-12(11)15-20(18,19)10-4-2-1-3-5-10/h6-8,10,15H,1-5H2,(H,16,17). The van der Waals surface area contributed by atoms with Gasteiger partial charge in [0.25, 0.3) is 0 Å². The molecule has 0 amide bonds. The summed E-state index contributed by atoms with van der Waals surface area (Å²) in [5.41, 5.74) is 0.484. The highest BCUT2D eigenvalue weighted by Crippen LogP contribution is 2.29. The van der Waals surface area contributed by atoms with Crippen LogP contribution < -0.4 is 4.72 Å². The van der Waals surface area contributed by atoms with Crippen molar-refractivity contribution >= 4 is 37.6 Å². The molecule has 0 spiro atoms. The monoisotopic (exact) mass is 361 g/mol. The third-order valence-corrected chi connectivity index (χ3v) is 5.97. The van der Waals surface area contributed by atoms with E-state index in [0.29, 0.717) is 23.0 Å². The van der Waals surface area contributed by atoms with Crippen LogP contribution in [0.2, 0.25) is 0 Å². The number of carbonyl (C=O) groups is 1. The fourth-order valence-electron chi connectivity index (χ4n) is 2.34. The summed E-state index contributed by atoms with van der Waals surface area (Å²) in [5, 5.41) is 8.52. The van der Waals surface area contributed by atoms with Gasteiger partial charge in [-0.1, -0.05) is 19.3 Å². The zero-order chi connectivity index (χ0) is 14.8. The van der Waals surface area contributed by atoms with E-state index in [1.807, 2.05) is 0 Å². The van der Waals surface area contributed by atoms with Gasteiger partial charge in [-0.25, -0.2) is 13.2 Å². The normalized spacial score (nSPS) is 16.9. The molecule has 1 saturated carbocycles. The predicted octanol–water partition coefficient (Wildman–Crippen LogP) is 3.22. The average Bonchev–Trinajstić information content (AvgIpc) is 2.41. The Hall–Kier alpha value is -1.08. The summed E-state index contributed by atoms with van der Waals surface area (Å²) < 4.78 is 27.5. The highest BCUT2D eigenvalue weighted by atomic mass is 79.9. The molecule has 20 heavy (non-hydrogen) atoms. The van der Waals surface area contributed by atoms with Crippen LogP contribution in [0.5, 0.6) is 0 Å². The number of benzene rings is 1. The molecule has 1 fully saturated rings. The number of halogens is 1. The van der Waals surface area contributed by atoms with E-state index in [2.05, 4.69) is 20.7 Å². The van der Waals surface area contributed by atoms with Gasteiger partial charge in [0, 0.05) is 4.47 Å². The minimum absolute atomic E-state index is 0.109. The van der Waals surface area contributed by atoms with Gasteiger partial charge in [0.2, 0.25) is 10.0 Å². The summed E-state index contributed by atoms with van der Waals surface area (Å²) in [6, 6.07) is 4.24. The van der Waals surface area contributed by atoms with Crippen molar-refractivity contribution in [1.82, 2.24) is 0 Å². The van der Waals surface area contributed by atoms with E-state index in [1.165, 1.54) is 18.2 Å². The number of rotatable bonds is 4. The third kappa shape index (κ3) is 3.52. The number of aromatic carboxylic acids is 1. The van der Waals surface area contributed by atoms with Gasteiger partial charge in [0.15, 0.2) is 0 Å². The van der Waals surface area contributed by atoms with Crippen molar-refractivity contribution in [2.24, 2.45) is 0 Å². The SMILES string of the molecule is O=C(O)c1ccc(NS(=O)(=O)C2CCCCC2)c(Br)c1. The number of sulfonamides is 1. The highest BCUT2D eigenvalue weighted by molar-refractivity contribution is 9.10. The fraction of sp³-hybridized carbons (Fsp3) is 0.462. The van der Waals surface area contributed by atoms with E-state index in [0.717, 1.165) is 19.3 Å². The van der Waals surface area contributed by atoms with Gasteiger partial charge in [-0.05, 0) is 47.0 Å². The number of hydrogen-bond donors (Lipinski definition) is 2. The number of anilines is 1. The average molecular weight is 362 g/mol. The van der Waals surface area contributed by atoms with Crippen LogP contribution in [-0.4, -0.2) is 24.7 Å². The topological polar surface area (TPSA) is 83.5 Å². The smallest absolute Gasteiger partial charge is 0.335 e. The minimum Gasteiger partial charge on any atom is -0.478 e. The zero-order valence-electron chi connectivity index (χ0n) is 10.8. The second kappa shape index (κ2) is 6.13. The van der Waals surface area contributed by atoms with Crippen molar-refractivity contribution in [2.45, 2.75) is 37.4 Å². The summed E-state index contributed by atoms with van der Waals surface area (Å²) in [6.45, 7) is 0. The van der Waals surface area contributed by atoms with Crippen molar-refractivity contribution < 1.29 is 18.3 Å². The Balaban J connectivity index is 2.18. The first-order valence-electron chi connectivity index (χ1n) is 6.44. The molecule has 0 aromatic heterocycles. The highest BCUT2D eigenvalue weighted by Gasteiger charge is 2.27. The molecular formula is C13H16BrNO4S. The Morgan fingerprint density at radius 2 is 1.90 bits per heavy atom. The summed E-state index contributed by atoms with van der Waals surface area (Å²) in [6.07, 6.45) is 4.32. The zero-order valence-corrected chi connectivity index (χ0v) is 13.2. The molecule has 2 rings (SSSR count). The maximum absolute atomic E-state index is 12.3. The molecule has 0 bridgehead atoms. The molecule has 1 aromatic rings. The van der Waals surface area contributed by atoms with Gasteiger partial charge in [0.05, 0.1) is 16.5 Å². The Bertz CT molecular complexity index is 609. The van der Waals surface area contributed by atoms with Gasteiger partial charge in [0.1, 0.15) is 0 Å². The van der Waals surface area contributed by atoms with Crippen molar-refractivity contribution in [1.29, 1.82) is 0 Å². The molecular weight excluding hydrogens is 346 g/mol. The van der Waals surface area contributed by atoms with E-state index in [1.54, 1.807) is 0 Å². The summed E-state index contributed by atoms with van der Waals surface area (Å²) in [7, 11) is -3.42. The number of hydrogen-bond acceptors (Lipinski definition) is 3. The van der Waals surface area contributed by atoms with Gasteiger partial charge < -0.3 is 5.11 Å². The first-order chi connectivity index (χ1) is 9.40. The fourth-order valence-corrected chi connectivity index (χ4v) is 4.56. The lowest BCUT2D eigenvalue weighted by atomic mass is 10.0. The Morgan fingerprint density at radius 1 is 1.25 bits per heavy atom. The van der Waals surface area contributed by atoms with Crippen LogP contribution in [0.1, 0.15) is 42.5 Å². The van der Waals surface area contributed by atoms with Crippen LogP contribution in [0.25, 0.3) is 0 Å². The lowest BCUT2D eigenvalue weighted by Gasteiger charge is -2.22. The molecule has 0 atom stereocenters. The Morgan fingerprint density at radius 3 is 2.45 bits per heavy atom. The number of carboxylic acid groups (broad SMARTS) is 1. The number of carboxylic acids is 1. The van der Waals surface area contributed by atoms with Crippen molar-refractivity contribution in [3.8, 4) is 0 Å². The number of nitrogens with one attached hydrogen (secondary N) is 1. The van der Waals surface area contributed by atoms with E-state index in [4.69, 9.17) is 5.11 Å². The second-order valence-electron chi connectivity index (χ2n) is 4.91. The van der Waals surface area contributed by atoms with Crippen LogP contribution in [-0.2, 0) is 10.0 Å². The third-order valence-electron chi connectivity index (χ3n) is 3.46. The maximum Gasteiger partial charge on any atom is 0.335 e. The summed E-state index contributed by atoms with van der Waals surface area (Å²) >= 11 is 3.20. The molecule has 0 unspecified atom stereocenters. The minimum atomic E-state index is -3.42. The molecule has 1 aromatic carbocycles. The Labute approximate surface area is 126 Å². The largest absolute Gasteiger partial charge is 0.478 e. The molecule has 2 N–H and O–H groups in total. The maximum atomic E-state index is 12.3. The van der Waals surface area contributed by atoms with Gasteiger partial charge in [-0.3, -0.25) is 4.72 Å². The lowest BCUT2D eigenvalue weighted by molar-refractivity contribution is 0.0697. The van der Waals surface area contributed by atoms with E-state index < -0.39 is 16.0 Å². The summed E-state index contributed by atoms with van der Waals surface area (Å²) in [5.74, 6) is -1.05. The van der Waals surface area contributed by atoms with Crippen LogP contribution in [0.3, 0.4) is 0 Å². The summed E-state index contributed by atoms with van der Waals surface area (Å²) in [4.78, 5) is 10.8. The first kappa shape index (κ1) is 15.3. The van der Waals surface area contributed by atoms with E-state index in [9.17, 15) is 13.2 Å².